The molecule has 8 heteroatoms. The molecule has 0 aliphatic carbocycles. The van der Waals surface area contributed by atoms with Crippen molar-refractivity contribution < 1.29 is 19.8 Å². The fourth-order valence-electron chi connectivity index (χ4n) is 1.71. The zero-order chi connectivity index (χ0) is 14.0. The van der Waals surface area contributed by atoms with Gasteiger partial charge in [-0.15, -0.1) is 0 Å². The van der Waals surface area contributed by atoms with E-state index < -0.39 is 24.4 Å². The van der Waals surface area contributed by atoms with Crippen molar-refractivity contribution in [2.24, 2.45) is 7.05 Å². The molecule has 1 atom stereocenters. The first-order valence-corrected chi connectivity index (χ1v) is 5.46. The van der Waals surface area contributed by atoms with Gasteiger partial charge in [-0.3, -0.25) is 4.79 Å². The van der Waals surface area contributed by atoms with Crippen LogP contribution >= 0.6 is 0 Å². The highest BCUT2D eigenvalue weighted by atomic mass is 16.4. The summed E-state index contributed by atoms with van der Waals surface area (Å²) in [5.41, 5.74) is 1.28. The lowest BCUT2D eigenvalue weighted by Crippen LogP contribution is -2.32. The van der Waals surface area contributed by atoms with Gasteiger partial charge < -0.3 is 20.1 Å². The molecule has 2 aromatic rings. The van der Waals surface area contributed by atoms with E-state index in [1.165, 1.54) is 6.20 Å². The maximum absolute atomic E-state index is 11.0. The van der Waals surface area contributed by atoms with Crippen LogP contribution in [0, 0.1) is 0 Å². The van der Waals surface area contributed by atoms with Crippen molar-refractivity contribution in [1.82, 2.24) is 14.5 Å². The summed E-state index contributed by atoms with van der Waals surface area (Å²) in [5, 5.41) is 20.3. The number of rotatable bonds is 5. The minimum absolute atomic E-state index is 0.256. The summed E-state index contributed by atoms with van der Waals surface area (Å²) < 4.78 is 1.76. The van der Waals surface area contributed by atoms with E-state index in [1.54, 1.807) is 24.0 Å². The summed E-state index contributed by atoms with van der Waals surface area (Å²) in [6.45, 7) is 0. The fourth-order valence-corrected chi connectivity index (χ4v) is 1.71. The molecule has 0 aliphatic rings. The Morgan fingerprint density at radius 2 is 2.16 bits per heavy atom. The smallest absolute Gasteiger partial charge is 0.326 e. The number of aryl methyl sites for hydroxylation is 1. The molecule has 0 saturated heterocycles. The predicted octanol–water partition coefficient (Wildman–Crippen LogP) is 0.308. The summed E-state index contributed by atoms with van der Waals surface area (Å²) in [5.74, 6) is -2.20. The topological polar surface area (TPSA) is 117 Å². The highest BCUT2D eigenvalue weighted by molar-refractivity contribution is 5.89. The van der Waals surface area contributed by atoms with Crippen LogP contribution in [0.25, 0.3) is 11.0 Å². The first-order chi connectivity index (χ1) is 8.99. The lowest BCUT2D eigenvalue weighted by molar-refractivity contribution is -0.144. The van der Waals surface area contributed by atoms with Gasteiger partial charge in [0.25, 0.3) is 0 Å². The number of nitrogens with zero attached hydrogens (tertiary/aromatic N) is 3. The Labute approximate surface area is 107 Å². The number of imidazole rings is 1. The van der Waals surface area contributed by atoms with Crippen molar-refractivity contribution in [2.45, 2.75) is 12.5 Å². The fraction of sp³-hybridized carbons (Fsp3) is 0.273. The molecule has 0 aliphatic heterocycles. The number of anilines is 1. The number of aliphatic carboxylic acids is 2. The molecule has 100 valence electrons. The minimum atomic E-state index is -1.25. The normalized spacial score (nSPS) is 12.3. The number of pyridine rings is 1. The highest BCUT2D eigenvalue weighted by Crippen LogP contribution is 2.19. The van der Waals surface area contributed by atoms with E-state index in [-0.39, 0.29) is 5.82 Å². The van der Waals surface area contributed by atoms with Gasteiger partial charge >= 0.3 is 11.9 Å². The summed E-state index contributed by atoms with van der Waals surface area (Å²) in [6, 6.07) is 0.484. The SMILES string of the molecule is Cn1cnc2c(NC(CC(=O)O)C(=O)O)nccc21. The molecule has 0 aromatic carbocycles. The number of carbonyl (C=O) groups is 2. The van der Waals surface area contributed by atoms with Crippen LogP contribution < -0.4 is 5.32 Å². The predicted molar refractivity (Wildman–Crippen MR) is 65.8 cm³/mol. The Morgan fingerprint density at radius 3 is 2.79 bits per heavy atom. The first kappa shape index (κ1) is 12.8. The quantitative estimate of drug-likeness (QED) is 0.711. The Balaban J connectivity index is 2.33. The molecule has 0 fully saturated rings. The monoisotopic (exact) mass is 264 g/mol. The Bertz CT molecular complexity index is 637. The lowest BCUT2D eigenvalue weighted by atomic mass is 10.2. The molecular formula is C11H12N4O4. The standard InChI is InChI=1S/C11H12N4O4/c1-15-5-13-9-7(15)2-3-12-10(9)14-6(11(18)19)4-8(16)17/h2-3,5-6H,4H2,1H3,(H,12,14)(H,16,17)(H,18,19). The number of hydrogen-bond acceptors (Lipinski definition) is 5. The van der Waals surface area contributed by atoms with Crippen LogP contribution in [0.4, 0.5) is 5.82 Å². The average Bonchev–Trinajstić information content (AvgIpc) is 2.71. The van der Waals surface area contributed by atoms with Crippen molar-refractivity contribution in [2.75, 3.05) is 5.32 Å². The van der Waals surface area contributed by atoms with E-state index in [0.29, 0.717) is 5.52 Å². The largest absolute Gasteiger partial charge is 0.481 e. The highest BCUT2D eigenvalue weighted by Gasteiger charge is 2.22. The summed E-state index contributed by atoms with van der Waals surface area (Å²) in [7, 11) is 1.80. The minimum Gasteiger partial charge on any atom is -0.481 e. The molecule has 19 heavy (non-hydrogen) atoms. The molecular weight excluding hydrogens is 252 g/mol. The van der Waals surface area contributed by atoms with E-state index >= 15 is 0 Å². The van der Waals surface area contributed by atoms with Crippen molar-refractivity contribution in [3.05, 3.63) is 18.6 Å². The zero-order valence-electron chi connectivity index (χ0n) is 10.1. The number of fused-ring (bicyclic) bond motifs is 1. The molecule has 3 N–H and O–H groups in total. The second-order valence-corrected chi connectivity index (χ2v) is 4.02. The van der Waals surface area contributed by atoms with E-state index in [9.17, 15) is 9.59 Å². The van der Waals surface area contributed by atoms with Crippen molar-refractivity contribution in [1.29, 1.82) is 0 Å². The molecule has 0 radical (unpaired) electrons. The lowest BCUT2D eigenvalue weighted by Gasteiger charge is -2.13. The number of aromatic nitrogens is 3. The maximum atomic E-state index is 11.0. The van der Waals surface area contributed by atoms with Gasteiger partial charge in [-0.25, -0.2) is 14.8 Å². The van der Waals surface area contributed by atoms with Crippen LogP contribution in [0.3, 0.4) is 0 Å². The molecule has 1 unspecified atom stereocenters. The molecule has 0 saturated carbocycles. The third-order valence-corrected chi connectivity index (χ3v) is 2.63. The second kappa shape index (κ2) is 4.92. The zero-order valence-corrected chi connectivity index (χ0v) is 10.1. The summed E-state index contributed by atoms with van der Waals surface area (Å²) in [4.78, 5) is 29.7. The van der Waals surface area contributed by atoms with Gasteiger partial charge in [-0.1, -0.05) is 0 Å². The number of carboxylic acids is 2. The van der Waals surface area contributed by atoms with Crippen molar-refractivity contribution >= 4 is 28.8 Å². The molecule has 2 heterocycles. The maximum Gasteiger partial charge on any atom is 0.326 e. The average molecular weight is 264 g/mol. The van der Waals surface area contributed by atoms with Crippen LogP contribution in [0.5, 0.6) is 0 Å². The number of nitrogens with one attached hydrogen (secondary N) is 1. The van der Waals surface area contributed by atoms with Crippen LogP contribution in [0.2, 0.25) is 0 Å². The van der Waals surface area contributed by atoms with Gasteiger partial charge in [0.2, 0.25) is 0 Å². The Hall–Kier alpha value is -2.64. The van der Waals surface area contributed by atoms with Gasteiger partial charge in [0.05, 0.1) is 18.3 Å². The Kier molecular flexibility index (Phi) is 3.32. The van der Waals surface area contributed by atoms with E-state index in [1.807, 2.05) is 0 Å². The van der Waals surface area contributed by atoms with E-state index in [0.717, 1.165) is 5.52 Å². The van der Waals surface area contributed by atoms with Gasteiger partial charge in [0.1, 0.15) is 11.6 Å². The number of hydrogen-bond donors (Lipinski definition) is 3. The van der Waals surface area contributed by atoms with Crippen molar-refractivity contribution in [3.8, 4) is 0 Å². The van der Waals surface area contributed by atoms with Crippen LogP contribution in [0.1, 0.15) is 6.42 Å². The third kappa shape index (κ3) is 2.62. The molecule has 2 aromatic heterocycles. The van der Waals surface area contributed by atoms with Gasteiger partial charge in [-0.2, -0.15) is 0 Å². The summed E-state index contributed by atoms with van der Waals surface area (Å²) in [6.07, 6.45) is 2.54. The summed E-state index contributed by atoms with van der Waals surface area (Å²) >= 11 is 0. The Morgan fingerprint density at radius 1 is 1.42 bits per heavy atom. The van der Waals surface area contributed by atoms with Crippen LogP contribution in [-0.2, 0) is 16.6 Å². The third-order valence-electron chi connectivity index (χ3n) is 2.63. The number of carboxylic acid groups (broad SMARTS) is 2. The van der Waals surface area contributed by atoms with E-state index in [2.05, 4.69) is 15.3 Å². The van der Waals surface area contributed by atoms with Gasteiger partial charge in [-0.05, 0) is 6.07 Å². The molecule has 8 nitrogen and oxygen atoms in total. The molecule has 0 amide bonds. The van der Waals surface area contributed by atoms with Crippen molar-refractivity contribution in [3.63, 3.8) is 0 Å². The van der Waals surface area contributed by atoms with Gasteiger partial charge in [0, 0.05) is 13.2 Å². The second-order valence-electron chi connectivity index (χ2n) is 4.02. The van der Waals surface area contributed by atoms with Crippen LogP contribution in [0.15, 0.2) is 18.6 Å². The molecule has 0 bridgehead atoms. The first-order valence-electron chi connectivity index (χ1n) is 5.46. The molecule has 2 rings (SSSR count). The molecule has 0 spiro atoms. The van der Waals surface area contributed by atoms with Crippen LogP contribution in [-0.4, -0.2) is 42.7 Å². The van der Waals surface area contributed by atoms with Gasteiger partial charge in [0.15, 0.2) is 5.82 Å². The van der Waals surface area contributed by atoms with E-state index in [4.69, 9.17) is 10.2 Å².